The van der Waals surface area contributed by atoms with Crippen LogP contribution in [-0.4, -0.2) is 48.0 Å². The number of sulfonamides is 1. The van der Waals surface area contributed by atoms with Crippen molar-refractivity contribution < 1.29 is 13.2 Å². The Kier molecular flexibility index (Phi) is 8.15. The molecule has 1 saturated heterocycles. The number of nitrogens with zero attached hydrogens (tertiary/aromatic N) is 2. The maximum absolute atomic E-state index is 13.3. The van der Waals surface area contributed by atoms with Gasteiger partial charge in [-0.25, -0.2) is 8.42 Å². The summed E-state index contributed by atoms with van der Waals surface area (Å²) in [4.78, 5) is 11.6. The van der Waals surface area contributed by atoms with Gasteiger partial charge in [-0.05, 0) is 84.1 Å². The number of nitrogens with two attached hydrogens (primary N) is 1. The van der Waals surface area contributed by atoms with Crippen molar-refractivity contribution in [2.45, 2.75) is 29.7 Å². The average Bonchev–Trinajstić information content (AvgIpc) is 3.41. The molecule has 2 heterocycles. The first kappa shape index (κ1) is 29.2. The number of hydrogen-bond acceptors (Lipinski definition) is 5. The summed E-state index contributed by atoms with van der Waals surface area (Å²) in [6.07, 6.45) is 1.20. The maximum Gasteiger partial charge on any atom is 0.248 e. The number of fused-ring (bicyclic) bond motifs is 1. The summed E-state index contributed by atoms with van der Waals surface area (Å²) in [6.45, 7) is 0.674. The first-order valence-corrected chi connectivity index (χ1v) is 16.0. The van der Waals surface area contributed by atoms with E-state index in [2.05, 4.69) is 27.6 Å². The zero-order valence-corrected chi connectivity index (χ0v) is 25.3. The second kappa shape index (κ2) is 12.0. The molecule has 0 saturated carbocycles. The molecule has 1 aliphatic heterocycles. The quantitative estimate of drug-likeness (QED) is 0.170. The summed E-state index contributed by atoms with van der Waals surface area (Å²) in [5.74, 6) is 0.00321. The Balaban J connectivity index is 1.23. The molecule has 220 valence electrons. The Bertz CT molecular complexity index is 1840. The SMILES string of the molecule is NC(=O)c1cccc(S(=O)(=O)N2CCC(Nc3n[nH]c4ccc(C(c5ccc(Cl)cc5)c5ccc(Cl)cc5)cc34)CC2)c1. The minimum atomic E-state index is -3.75. The minimum absolute atomic E-state index is 0.0295. The minimum Gasteiger partial charge on any atom is -0.366 e. The Morgan fingerprint density at radius 2 is 1.49 bits per heavy atom. The molecule has 0 aliphatic carbocycles. The summed E-state index contributed by atoms with van der Waals surface area (Å²) < 4.78 is 28.0. The van der Waals surface area contributed by atoms with Crippen molar-refractivity contribution >= 4 is 55.9 Å². The molecule has 1 fully saturated rings. The number of halogens is 2. The highest BCUT2D eigenvalue weighted by molar-refractivity contribution is 7.89. The van der Waals surface area contributed by atoms with E-state index >= 15 is 0 Å². The topological polar surface area (TPSA) is 121 Å². The molecule has 0 radical (unpaired) electrons. The molecule has 1 amide bonds. The maximum atomic E-state index is 13.3. The van der Waals surface area contributed by atoms with E-state index in [1.165, 1.54) is 28.6 Å². The molecule has 0 spiro atoms. The van der Waals surface area contributed by atoms with Crippen LogP contribution in [0.15, 0.2) is 95.9 Å². The zero-order chi connectivity index (χ0) is 30.1. The molecule has 0 atom stereocenters. The molecule has 0 unspecified atom stereocenters. The van der Waals surface area contributed by atoms with Crippen molar-refractivity contribution in [2.75, 3.05) is 18.4 Å². The molecule has 0 bridgehead atoms. The van der Waals surface area contributed by atoms with Crippen LogP contribution in [0.1, 0.15) is 45.8 Å². The summed E-state index contributed by atoms with van der Waals surface area (Å²) in [5, 5.41) is 13.5. The van der Waals surface area contributed by atoms with Crippen LogP contribution in [0.5, 0.6) is 0 Å². The summed E-state index contributed by atoms with van der Waals surface area (Å²) in [6, 6.07) is 27.8. The molecule has 4 N–H and O–H groups in total. The van der Waals surface area contributed by atoms with Crippen LogP contribution in [0.2, 0.25) is 10.0 Å². The van der Waals surface area contributed by atoms with E-state index in [1.54, 1.807) is 0 Å². The highest BCUT2D eigenvalue weighted by Crippen LogP contribution is 2.36. The number of primary amides is 1. The summed E-state index contributed by atoms with van der Waals surface area (Å²) in [5.41, 5.74) is 9.68. The fourth-order valence-corrected chi connectivity index (χ4v) is 7.37. The van der Waals surface area contributed by atoms with E-state index in [1.807, 2.05) is 54.6 Å². The van der Waals surface area contributed by atoms with E-state index in [0.717, 1.165) is 33.4 Å². The Hall–Kier alpha value is -3.89. The molecule has 1 aliphatic rings. The molecular weight excluding hydrogens is 605 g/mol. The fourth-order valence-electron chi connectivity index (χ4n) is 5.60. The van der Waals surface area contributed by atoms with Gasteiger partial charge < -0.3 is 11.1 Å². The highest BCUT2D eigenvalue weighted by Gasteiger charge is 2.30. The van der Waals surface area contributed by atoms with Crippen molar-refractivity contribution in [3.63, 3.8) is 0 Å². The molecule has 8 nitrogen and oxygen atoms in total. The van der Waals surface area contributed by atoms with Crippen LogP contribution >= 0.6 is 23.2 Å². The third kappa shape index (κ3) is 6.12. The first-order valence-electron chi connectivity index (χ1n) is 13.8. The molecule has 11 heteroatoms. The normalized spacial score (nSPS) is 14.8. The van der Waals surface area contributed by atoms with Crippen molar-refractivity contribution in [1.29, 1.82) is 0 Å². The van der Waals surface area contributed by atoms with Gasteiger partial charge in [-0.2, -0.15) is 9.40 Å². The van der Waals surface area contributed by atoms with Gasteiger partial charge in [0.1, 0.15) is 0 Å². The number of carbonyl (C=O) groups is 1. The Labute approximate surface area is 259 Å². The number of hydrogen-bond donors (Lipinski definition) is 3. The number of aromatic nitrogens is 2. The number of benzene rings is 4. The molecule has 1 aromatic heterocycles. The first-order chi connectivity index (χ1) is 20.7. The third-order valence-corrected chi connectivity index (χ3v) is 10.3. The van der Waals surface area contributed by atoms with Crippen molar-refractivity contribution in [3.8, 4) is 0 Å². The molecule has 6 rings (SSSR count). The molecule has 4 aromatic carbocycles. The summed E-state index contributed by atoms with van der Waals surface area (Å²) in [7, 11) is -3.75. The van der Waals surface area contributed by atoms with Gasteiger partial charge in [0.15, 0.2) is 5.82 Å². The highest BCUT2D eigenvalue weighted by atomic mass is 35.5. The van der Waals surface area contributed by atoms with Crippen molar-refractivity contribution in [2.24, 2.45) is 5.73 Å². The van der Waals surface area contributed by atoms with Gasteiger partial charge in [0.05, 0.1) is 10.4 Å². The predicted molar refractivity (Wildman–Crippen MR) is 170 cm³/mol. The molecule has 5 aromatic rings. The molecular formula is C32H29Cl2N5O3S. The van der Waals surface area contributed by atoms with Crippen LogP contribution < -0.4 is 11.1 Å². The zero-order valence-electron chi connectivity index (χ0n) is 23.0. The van der Waals surface area contributed by atoms with Crippen molar-refractivity contribution in [1.82, 2.24) is 14.5 Å². The van der Waals surface area contributed by atoms with Gasteiger partial charge in [0, 0.05) is 46.0 Å². The lowest BCUT2D eigenvalue weighted by Gasteiger charge is -2.31. The number of rotatable bonds is 8. The fraction of sp³-hybridized carbons (Fsp3) is 0.188. The number of aromatic amines is 1. The standard InChI is InChI=1S/C32H29Cl2N5O3S/c33-24-9-4-20(5-10-24)30(21-6-11-25(34)12-7-21)22-8-13-29-28(19-22)32(38-37-29)36-26-14-16-39(17-15-26)43(41,42)27-3-1-2-23(18-27)31(35)40/h1-13,18-19,26,30H,14-17H2,(H2,35,40)(H2,36,37,38). The number of amides is 1. The van der Waals surface area contributed by atoms with Gasteiger partial charge in [0.2, 0.25) is 15.9 Å². The number of anilines is 1. The van der Waals surface area contributed by atoms with Gasteiger partial charge >= 0.3 is 0 Å². The second-order valence-corrected chi connectivity index (χ2v) is 13.4. The van der Waals surface area contributed by atoms with Crippen LogP contribution in [0.4, 0.5) is 5.82 Å². The number of piperidine rings is 1. The van der Waals surface area contributed by atoms with Gasteiger partial charge in [-0.15, -0.1) is 0 Å². The largest absolute Gasteiger partial charge is 0.366 e. The Morgan fingerprint density at radius 3 is 2.09 bits per heavy atom. The number of carbonyl (C=O) groups excluding carboxylic acids is 1. The van der Waals surface area contributed by atoms with E-state index < -0.39 is 15.9 Å². The van der Waals surface area contributed by atoms with Crippen LogP contribution in [-0.2, 0) is 10.0 Å². The lowest BCUT2D eigenvalue weighted by Crippen LogP contribution is -2.42. The van der Waals surface area contributed by atoms with Crippen molar-refractivity contribution in [3.05, 3.63) is 123 Å². The smallest absolute Gasteiger partial charge is 0.248 e. The predicted octanol–water partition coefficient (Wildman–Crippen LogP) is 6.41. The van der Waals surface area contributed by atoms with E-state index in [-0.39, 0.29) is 22.4 Å². The second-order valence-electron chi connectivity index (χ2n) is 10.6. The van der Waals surface area contributed by atoms with Gasteiger partial charge in [0.25, 0.3) is 0 Å². The average molecular weight is 635 g/mol. The number of nitrogens with one attached hydrogen (secondary N) is 2. The third-order valence-electron chi connectivity index (χ3n) is 7.88. The van der Waals surface area contributed by atoms with E-state index in [9.17, 15) is 13.2 Å². The monoisotopic (exact) mass is 633 g/mol. The van der Waals surface area contributed by atoms with Crippen LogP contribution in [0.25, 0.3) is 10.9 Å². The van der Waals surface area contributed by atoms with Gasteiger partial charge in [-0.1, -0.05) is 59.6 Å². The van der Waals surface area contributed by atoms with Gasteiger partial charge in [-0.3, -0.25) is 9.89 Å². The van der Waals surface area contributed by atoms with Crippen LogP contribution in [0, 0.1) is 0 Å². The number of H-pyrrole nitrogens is 1. The van der Waals surface area contributed by atoms with E-state index in [0.29, 0.717) is 36.0 Å². The molecule has 43 heavy (non-hydrogen) atoms. The van der Waals surface area contributed by atoms with Crippen LogP contribution in [0.3, 0.4) is 0 Å². The summed E-state index contributed by atoms with van der Waals surface area (Å²) >= 11 is 12.4. The lowest BCUT2D eigenvalue weighted by molar-refractivity contribution is 0.1000. The lowest BCUT2D eigenvalue weighted by atomic mass is 9.85. The van der Waals surface area contributed by atoms with E-state index in [4.69, 9.17) is 28.9 Å². The Morgan fingerprint density at radius 1 is 0.884 bits per heavy atom.